The molecule has 3 aromatic carbocycles. The lowest BCUT2D eigenvalue weighted by Gasteiger charge is -2.12. The van der Waals surface area contributed by atoms with Crippen molar-refractivity contribution < 1.29 is 23.4 Å². The Kier molecular flexibility index (Phi) is 7.38. The quantitative estimate of drug-likeness (QED) is 0.428. The van der Waals surface area contributed by atoms with Crippen molar-refractivity contribution in [2.45, 2.75) is 22.3 Å². The number of sulfone groups is 1. The first kappa shape index (κ1) is 23.2. The highest BCUT2D eigenvalue weighted by Crippen LogP contribution is 2.22. The Hall–Kier alpha value is -3.51. The van der Waals surface area contributed by atoms with Crippen LogP contribution in [0.3, 0.4) is 0 Å². The highest BCUT2D eigenvalue weighted by Gasteiger charge is 2.18. The second kappa shape index (κ2) is 10.2. The van der Waals surface area contributed by atoms with Crippen LogP contribution in [0, 0.1) is 11.3 Å². The van der Waals surface area contributed by atoms with E-state index in [1.165, 1.54) is 36.4 Å². The number of carboxylic acid groups (broad SMARTS) is 1. The van der Waals surface area contributed by atoms with Crippen LogP contribution in [-0.4, -0.2) is 37.7 Å². The molecule has 0 aliphatic carbocycles. The van der Waals surface area contributed by atoms with Crippen LogP contribution in [-0.2, 0) is 16.3 Å². The number of hydrogen-bond donors (Lipinski definition) is 3. The summed E-state index contributed by atoms with van der Waals surface area (Å²) in [7, 11) is -3.74. The van der Waals surface area contributed by atoms with Gasteiger partial charge in [-0.3, -0.25) is 0 Å². The maximum atomic E-state index is 12.7. The molecular weight excluding hydrogens is 428 g/mol. The molecular formula is C24H22N2O5S. The fourth-order valence-corrected chi connectivity index (χ4v) is 4.41. The van der Waals surface area contributed by atoms with Gasteiger partial charge >= 0.3 is 5.97 Å². The second-order valence-electron chi connectivity index (χ2n) is 7.18. The minimum atomic E-state index is -3.74. The molecule has 0 saturated heterocycles. The zero-order chi connectivity index (χ0) is 23.1. The van der Waals surface area contributed by atoms with E-state index in [9.17, 15) is 18.3 Å². The van der Waals surface area contributed by atoms with Gasteiger partial charge in [0.2, 0.25) is 9.84 Å². The molecule has 0 bridgehead atoms. The Morgan fingerprint density at radius 1 is 1.00 bits per heavy atom. The third-order valence-electron chi connectivity index (χ3n) is 4.97. The summed E-state index contributed by atoms with van der Waals surface area (Å²) in [6.07, 6.45) is -0.0955. The van der Waals surface area contributed by atoms with E-state index < -0.39 is 21.9 Å². The van der Waals surface area contributed by atoms with E-state index in [1.807, 2.05) is 6.07 Å². The number of carbonyl (C=O) groups is 1. The smallest absolute Gasteiger partial charge is 0.335 e. The average Bonchev–Trinajstić information content (AvgIpc) is 2.82. The van der Waals surface area contributed by atoms with Crippen LogP contribution in [0.5, 0.6) is 0 Å². The number of aromatic carboxylic acids is 1. The third-order valence-corrected chi connectivity index (χ3v) is 6.76. The van der Waals surface area contributed by atoms with Crippen molar-refractivity contribution in [2.24, 2.45) is 0 Å². The highest BCUT2D eigenvalue weighted by atomic mass is 32.2. The highest BCUT2D eigenvalue weighted by molar-refractivity contribution is 7.91. The Morgan fingerprint density at radius 3 is 2.22 bits per heavy atom. The van der Waals surface area contributed by atoms with Gasteiger partial charge in [0.05, 0.1) is 33.1 Å². The number of hydrogen-bond acceptors (Lipinski definition) is 6. The molecule has 0 unspecified atom stereocenters. The van der Waals surface area contributed by atoms with Crippen LogP contribution in [0.1, 0.15) is 33.2 Å². The maximum absolute atomic E-state index is 12.7. The SMILES string of the molecule is N#Cc1cccc([C@@H](O)CNCCc2ccc(S(=O)(=O)c3ccc(C(=O)O)cc3)cc2)c1. The number of rotatable bonds is 9. The summed E-state index contributed by atoms with van der Waals surface area (Å²) in [5, 5.41) is 31.3. The first-order chi connectivity index (χ1) is 15.3. The minimum absolute atomic E-state index is 0.0229. The summed E-state index contributed by atoms with van der Waals surface area (Å²) < 4.78 is 25.5. The minimum Gasteiger partial charge on any atom is -0.478 e. The van der Waals surface area contributed by atoms with Crippen molar-refractivity contribution in [2.75, 3.05) is 13.1 Å². The zero-order valence-corrected chi connectivity index (χ0v) is 17.9. The molecule has 0 fully saturated rings. The van der Waals surface area contributed by atoms with E-state index in [2.05, 4.69) is 5.32 Å². The fraction of sp³-hybridized carbons (Fsp3) is 0.167. The lowest BCUT2D eigenvalue weighted by Crippen LogP contribution is -2.23. The standard InChI is InChI=1S/C24H22N2O5S/c25-15-18-2-1-3-20(14-18)23(27)16-26-13-12-17-4-8-21(9-5-17)32(30,31)22-10-6-19(7-11-22)24(28)29/h1-11,14,23,26-27H,12-13,16H2,(H,28,29)/t23-/m0/s1. The van der Waals surface area contributed by atoms with E-state index in [4.69, 9.17) is 10.4 Å². The molecule has 0 saturated carbocycles. The third kappa shape index (κ3) is 5.59. The zero-order valence-electron chi connectivity index (χ0n) is 17.1. The lowest BCUT2D eigenvalue weighted by molar-refractivity contribution is 0.0696. The maximum Gasteiger partial charge on any atom is 0.335 e. The molecule has 0 aliphatic rings. The molecule has 3 aromatic rings. The van der Waals surface area contributed by atoms with E-state index in [-0.39, 0.29) is 15.4 Å². The summed E-state index contributed by atoms with van der Waals surface area (Å²) in [5.74, 6) is -1.12. The number of benzene rings is 3. The Morgan fingerprint density at radius 2 is 1.62 bits per heavy atom. The molecule has 3 N–H and O–H groups in total. The molecule has 0 aliphatic heterocycles. The Balaban J connectivity index is 1.55. The molecule has 0 heterocycles. The predicted molar refractivity (Wildman–Crippen MR) is 118 cm³/mol. The van der Waals surface area contributed by atoms with E-state index in [0.29, 0.717) is 30.6 Å². The molecule has 0 aromatic heterocycles. The van der Waals surface area contributed by atoms with Gasteiger partial charge in [0.15, 0.2) is 0 Å². The van der Waals surface area contributed by atoms with Gasteiger partial charge in [-0.25, -0.2) is 13.2 Å². The van der Waals surface area contributed by atoms with Gasteiger partial charge in [-0.1, -0.05) is 24.3 Å². The van der Waals surface area contributed by atoms with Crippen molar-refractivity contribution >= 4 is 15.8 Å². The summed E-state index contributed by atoms with van der Waals surface area (Å²) in [4.78, 5) is 11.1. The van der Waals surface area contributed by atoms with E-state index in [0.717, 1.165) is 5.56 Å². The monoisotopic (exact) mass is 450 g/mol. The van der Waals surface area contributed by atoms with E-state index in [1.54, 1.807) is 36.4 Å². The van der Waals surface area contributed by atoms with Crippen molar-refractivity contribution in [1.29, 1.82) is 5.26 Å². The van der Waals surface area contributed by atoms with Crippen molar-refractivity contribution in [3.63, 3.8) is 0 Å². The van der Waals surface area contributed by atoms with Crippen molar-refractivity contribution in [1.82, 2.24) is 5.32 Å². The molecule has 0 radical (unpaired) electrons. The van der Waals surface area contributed by atoms with Crippen LogP contribution < -0.4 is 5.32 Å². The molecule has 32 heavy (non-hydrogen) atoms. The van der Waals surface area contributed by atoms with Crippen LogP contribution >= 0.6 is 0 Å². The van der Waals surface area contributed by atoms with Gasteiger partial charge in [0.1, 0.15) is 0 Å². The molecule has 3 rings (SSSR count). The number of nitriles is 1. The van der Waals surface area contributed by atoms with E-state index >= 15 is 0 Å². The summed E-state index contributed by atoms with van der Waals surface area (Å²) in [5.41, 5.74) is 2.12. The summed E-state index contributed by atoms with van der Waals surface area (Å²) >= 11 is 0. The molecule has 0 amide bonds. The number of carboxylic acids is 1. The van der Waals surface area contributed by atoms with Crippen LogP contribution in [0.2, 0.25) is 0 Å². The van der Waals surface area contributed by atoms with Crippen molar-refractivity contribution in [3.8, 4) is 6.07 Å². The number of aliphatic hydroxyl groups is 1. The molecule has 164 valence electrons. The first-order valence-electron chi connectivity index (χ1n) is 9.87. The van der Waals surface area contributed by atoms with Gasteiger partial charge < -0.3 is 15.5 Å². The molecule has 1 atom stereocenters. The van der Waals surface area contributed by atoms with Crippen LogP contribution in [0.25, 0.3) is 0 Å². The lowest BCUT2D eigenvalue weighted by atomic mass is 10.1. The van der Waals surface area contributed by atoms with Gasteiger partial charge in [0.25, 0.3) is 0 Å². The first-order valence-corrected chi connectivity index (χ1v) is 11.4. The summed E-state index contributed by atoms with van der Waals surface area (Å²) in [6, 6.07) is 20.5. The van der Waals surface area contributed by atoms with Gasteiger partial charge in [-0.15, -0.1) is 0 Å². The summed E-state index contributed by atoms with van der Waals surface area (Å²) in [6.45, 7) is 0.908. The van der Waals surface area contributed by atoms with Crippen LogP contribution in [0.4, 0.5) is 0 Å². The molecule has 0 spiro atoms. The average molecular weight is 451 g/mol. The number of nitrogens with one attached hydrogen (secondary N) is 1. The Labute approximate surface area is 186 Å². The normalized spacial score (nSPS) is 12.1. The van der Waals surface area contributed by atoms with Gasteiger partial charge in [-0.05, 0) is 72.6 Å². The number of aliphatic hydroxyl groups excluding tert-OH is 1. The topological polar surface area (TPSA) is 127 Å². The number of nitrogens with zero attached hydrogens (tertiary/aromatic N) is 1. The van der Waals surface area contributed by atoms with Crippen molar-refractivity contribution in [3.05, 3.63) is 95.1 Å². The van der Waals surface area contributed by atoms with Gasteiger partial charge in [0, 0.05) is 6.54 Å². The largest absolute Gasteiger partial charge is 0.478 e. The van der Waals surface area contributed by atoms with Gasteiger partial charge in [-0.2, -0.15) is 5.26 Å². The Bertz CT molecular complexity index is 1230. The molecule has 7 nitrogen and oxygen atoms in total. The predicted octanol–water partition coefficient (Wildman–Crippen LogP) is 2.95. The molecule has 8 heteroatoms. The van der Waals surface area contributed by atoms with Crippen LogP contribution in [0.15, 0.2) is 82.6 Å². The second-order valence-corrected chi connectivity index (χ2v) is 9.13. The fourth-order valence-electron chi connectivity index (χ4n) is 3.15.